The molecule has 0 spiro atoms. The van der Waals surface area contributed by atoms with Crippen molar-refractivity contribution < 1.29 is 14.7 Å². The molecule has 1 N–H and O–H groups in total. The van der Waals surface area contributed by atoms with E-state index in [0.29, 0.717) is 12.1 Å². The van der Waals surface area contributed by atoms with Gasteiger partial charge in [0.25, 0.3) is 0 Å². The van der Waals surface area contributed by atoms with Crippen molar-refractivity contribution in [2.24, 2.45) is 0 Å². The average molecular weight is 243 g/mol. The lowest BCUT2D eigenvalue weighted by Gasteiger charge is -2.33. The fourth-order valence-electron chi connectivity index (χ4n) is 1.57. The molecule has 1 rings (SSSR count). The summed E-state index contributed by atoms with van der Waals surface area (Å²) in [6.45, 7) is 5.75. The number of rotatable bonds is 2. The summed E-state index contributed by atoms with van der Waals surface area (Å²) >= 11 is 1.82. The Labute approximate surface area is 99.7 Å². The van der Waals surface area contributed by atoms with Gasteiger partial charge in [-0.1, -0.05) is 0 Å². The van der Waals surface area contributed by atoms with Crippen LogP contribution in [-0.2, 0) is 9.59 Å². The first kappa shape index (κ1) is 13.1. The van der Waals surface area contributed by atoms with Crippen molar-refractivity contribution in [3.05, 3.63) is 11.1 Å². The van der Waals surface area contributed by atoms with Crippen LogP contribution in [-0.4, -0.2) is 46.0 Å². The van der Waals surface area contributed by atoms with Crippen LogP contribution >= 0.6 is 11.8 Å². The lowest BCUT2D eigenvalue weighted by Crippen LogP contribution is -2.45. The number of carbonyl (C=O) groups excluding carboxylic acids is 1. The standard InChI is InChI=1S/C11H17NO3S/c1-7-6-16-5-4-12(7)10(13)8(2)9(3)11(14)15/h7H,4-6H2,1-3H3,(H,14,15). The maximum absolute atomic E-state index is 12.0. The largest absolute Gasteiger partial charge is 0.478 e. The van der Waals surface area contributed by atoms with Gasteiger partial charge in [-0.15, -0.1) is 0 Å². The molecule has 1 saturated heterocycles. The topological polar surface area (TPSA) is 57.6 Å². The molecule has 5 heteroatoms. The number of hydrogen-bond donors (Lipinski definition) is 1. The van der Waals surface area contributed by atoms with Crippen LogP contribution < -0.4 is 0 Å². The Morgan fingerprint density at radius 3 is 2.44 bits per heavy atom. The van der Waals surface area contributed by atoms with E-state index in [2.05, 4.69) is 0 Å². The molecule has 4 nitrogen and oxygen atoms in total. The summed E-state index contributed by atoms with van der Waals surface area (Å²) in [5.41, 5.74) is 0.474. The molecule has 1 aliphatic heterocycles. The summed E-state index contributed by atoms with van der Waals surface area (Å²) in [4.78, 5) is 24.6. The fourth-order valence-corrected chi connectivity index (χ4v) is 2.58. The SMILES string of the molecule is CC(C(=O)O)=C(C)C(=O)N1CCSCC1C. The van der Waals surface area contributed by atoms with Gasteiger partial charge >= 0.3 is 5.97 Å². The highest BCUT2D eigenvalue weighted by Crippen LogP contribution is 2.19. The predicted octanol–water partition coefficient (Wildman–Crippen LogP) is 1.37. The van der Waals surface area contributed by atoms with E-state index in [4.69, 9.17) is 5.11 Å². The van der Waals surface area contributed by atoms with E-state index in [1.54, 1.807) is 11.8 Å². The highest BCUT2D eigenvalue weighted by Gasteiger charge is 2.25. The summed E-state index contributed by atoms with van der Waals surface area (Å²) in [5, 5.41) is 8.83. The maximum Gasteiger partial charge on any atom is 0.331 e. The van der Waals surface area contributed by atoms with Crippen molar-refractivity contribution in [2.75, 3.05) is 18.1 Å². The Kier molecular flexibility index (Phi) is 4.41. The van der Waals surface area contributed by atoms with E-state index in [0.717, 1.165) is 11.5 Å². The summed E-state index contributed by atoms with van der Waals surface area (Å²) in [5.74, 6) is 0.679. The maximum atomic E-state index is 12.0. The fraction of sp³-hybridized carbons (Fsp3) is 0.636. The summed E-state index contributed by atoms with van der Waals surface area (Å²) in [6.07, 6.45) is 0. The van der Waals surface area contributed by atoms with Crippen LogP contribution in [0.5, 0.6) is 0 Å². The first-order valence-corrected chi connectivity index (χ1v) is 6.40. The van der Waals surface area contributed by atoms with Gasteiger partial charge in [-0.2, -0.15) is 11.8 Å². The van der Waals surface area contributed by atoms with Crippen LogP contribution in [0.25, 0.3) is 0 Å². The number of carbonyl (C=O) groups is 2. The number of thioether (sulfide) groups is 1. The van der Waals surface area contributed by atoms with Gasteiger partial charge in [-0.3, -0.25) is 4.79 Å². The van der Waals surface area contributed by atoms with Gasteiger partial charge in [-0.25, -0.2) is 4.79 Å². The molecule has 1 atom stereocenters. The molecular formula is C11H17NO3S. The minimum absolute atomic E-state index is 0.135. The van der Waals surface area contributed by atoms with E-state index >= 15 is 0 Å². The van der Waals surface area contributed by atoms with Crippen molar-refractivity contribution in [1.29, 1.82) is 0 Å². The molecule has 90 valence electrons. The van der Waals surface area contributed by atoms with Crippen molar-refractivity contribution >= 4 is 23.6 Å². The monoisotopic (exact) mass is 243 g/mol. The first-order valence-electron chi connectivity index (χ1n) is 5.24. The molecule has 0 radical (unpaired) electrons. The second kappa shape index (κ2) is 5.39. The molecular weight excluding hydrogens is 226 g/mol. The second-order valence-electron chi connectivity index (χ2n) is 3.98. The Balaban J connectivity index is 2.84. The first-order chi connectivity index (χ1) is 7.45. The van der Waals surface area contributed by atoms with Crippen LogP contribution in [0.4, 0.5) is 0 Å². The van der Waals surface area contributed by atoms with Crippen molar-refractivity contribution in [3.8, 4) is 0 Å². The zero-order chi connectivity index (χ0) is 12.3. The lowest BCUT2D eigenvalue weighted by molar-refractivity contribution is -0.134. The zero-order valence-corrected chi connectivity index (χ0v) is 10.6. The molecule has 16 heavy (non-hydrogen) atoms. The van der Waals surface area contributed by atoms with E-state index < -0.39 is 5.97 Å². The average Bonchev–Trinajstić information content (AvgIpc) is 2.26. The van der Waals surface area contributed by atoms with Crippen LogP contribution in [0.1, 0.15) is 20.8 Å². The third kappa shape index (κ3) is 2.78. The van der Waals surface area contributed by atoms with E-state index in [1.165, 1.54) is 6.92 Å². The minimum atomic E-state index is -1.02. The summed E-state index contributed by atoms with van der Waals surface area (Å²) in [6, 6.07) is 0.183. The Hall–Kier alpha value is -0.970. The van der Waals surface area contributed by atoms with Crippen molar-refractivity contribution in [1.82, 2.24) is 4.90 Å². The van der Waals surface area contributed by atoms with E-state index in [9.17, 15) is 9.59 Å². The van der Waals surface area contributed by atoms with Crippen LogP contribution in [0.2, 0.25) is 0 Å². The van der Waals surface area contributed by atoms with Gasteiger partial charge in [-0.05, 0) is 20.8 Å². The Morgan fingerprint density at radius 1 is 1.31 bits per heavy atom. The molecule has 0 aromatic rings. The van der Waals surface area contributed by atoms with Gasteiger partial charge in [0.15, 0.2) is 0 Å². The van der Waals surface area contributed by atoms with Crippen LogP contribution in [0.15, 0.2) is 11.1 Å². The quantitative estimate of drug-likeness (QED) is 0.744. The molecule has 1 fully saturated rings. The third-order valence-electron chi connectivity index (χ3n) is 2.83. The second-order valence-corrected chi connectivity index (χ2v) is 5.13. The zero-order valence-electron chi connectivity index (χ0n) is 9.82. The molecule has 1 aliphatic rings. The highest BCUT2D eigenvalue weighted by atomic mass is 32.2. The number of aliphatic carboxylic acids is 1. The minimum Gasteiger partial charge on any atom is -0.478 e. The van der Waals surface area contributed by atoms with Gasteiger partial charge < -0.3 is 10.0 Å². The molecule has 0 saturated carbocycles. The molecule has 0 aromatic heterocycles. The third-order valence-corrected chi connectivity index (χ3v) is 4.02. The molecule has 0 aromatic carbocycles. The number of nitrogens with zero attached hydrogens (tertiary/aromatic N) is 1. The van der Waals surface area contributed by atoms with Crippen molar-refractivity contribution in [3.63, 3.8) is 0 Å². The number of hydrogen-bond acceptors (Lipinski definition) is 3. The van der Waals surface area contributed by atoms with Gasteiger partial charge in [0.2, 0.25) is 5.91 Å². The number of carboxylic acid groups (broad SMARTS) is 1. The molecule has 0 bridgehead atoms. The Bertz CT molecular complexity index is 338. The Morgan fingerprint density at radius 2 is 1.94 bits per heavy atom. The van der Waals surface area contributed by atoms with Crippen LogP contribution in [0.3, 0.4) is 0 Å². The van der Waals surface area contributed by atoms with Gasteiger partial charge in [0, 0.05) is 35.2 Å². The number of carboxylic acids is 1. The molecule has 1 amide bonds. The normalized spacial score (nSPS) is 22.7. The highest BCUT2D eigenvalue weighted by molar-refractivity contribution is 7.99. The summed E-state index contributed by atoms with van der Waals surface area (Å²) in [7, 11) is 0. The molecule has 0 aliphatic carbocycles. The van der Waals surface area contributed by atoms with Gasteiger partial charge in [0.1, 0.15) is 0 Å². The lowest BCUT2D eigenvalue weighted by atomic mass is 10.1. The van der Waals surface area contributed by atoms with E-state index in [1.807, 2.05) is 18.7 Å². The molecule has 1 heterocycles. The smallest absolute Gasteiger partial charge is 0.331 e. The van der Waals surface area contributed by atoms with Crippen molar-refractivity contribution in [2.45, 2.75) is 26.8 Å². The number of amides is 1. The predicted molar refractivity (Wildman–Crippen MR) is 64.5 cm³/mol. The van der Waals surface area contributed by atoms with Gasteiger partial charge in [0.05, 0.1) is 0 Å². The van der Waals surface area contributed by atoms with Crippen LogP contribution in [0, 0.1) is 0 Å². The van der Waals surface area contributed by atoms with E-state index in [-0.39, 0.29) is 17.5 Å². The summed E-state index contributed by atoms with van der Waals surface area (Å²) < 4.78 is 0. The molecule has 1 unspecified atom stereocenters.